The SMILES string of the molecule is [2H]C([2H])(c1cc(-c2[c-]cccc2)nc[c]1[Ge]([CH3])([CH3])[CH3])C(C)(C)C.[2H]C([2H])(c1ccnc(-c2[c-]ccc3c2oc2cc(-c4c(C)cccc4C)ccc23)c1)C(C)(C)C.[Ir]. The Bertz CT molecular complexity index is 2540. The van der Waals surface area contributed by atoms with Gasteiger partial charge in [0.1, 0.15) is 5.58 Å². The van der Waals surface area contributed by atoms with Crippen molar-refractivity contribution in [2.75, 3.05) is 0 Å². The van der Waals surface area contributed by atoms with Crippen molar-refractivity contribution >= 4 is 39.6 Å². The van der Waals surface area contributed by atoms with Crippen molar-refractivity contribution in [2.45, 2.75) is 85.4 Å². The zero-order valence-electron chi connectivity index (χ0n) is 37.5. The van der Waals surface area contributed by atoms with Gasteiger partial charge in [0.05, 0.1) is 5.58 Å². The number of benzene rings is 4. The van der Waals surface area contributed by atoms with Gasteiger partial charge in [-0.05, 0) is 65.7 Å². The normalized spacial score (nSPS) is 13.6. The van der Waals surface area contributed by atoms with Crippen LogP contribution in [0.4, 0.5) is 0 Å². The molecule has 7 aromatic rings. The molecule has 3 heterocycles. The van der Waals surface area contributed by atoms with Crippen molar-refractivity contribution in [2.24, 2.45) is 10.8 Å². The van der Waals surface area contributed by atoms with Crippen LogP contribution >= 0.6 is 0 Å². The molecular formula is C49H54GeIrN2O-2. The zero-order chi connectivity index (χ0) is 41.7. The quantitative estimate of drug-likeness (QED) is 0.123. The summed E-state index contributed by atoms with van der Waals surface area (Å²) < 4.78 is 42.4. The van der Waals surface area contributed by atoms with E-state index in [1.165, 1.54) is 16.7 Å². The van der Waals surface area contributed by atoms with Gasteiger partial charge in [-0.25, -0.2) is 0 Å². The third-order valence-electron chi connectivity index (χ3n) is 8.95. The summed E-state index contributed by atoms with van der Waals surface area (Å²) in [7, 11) is 0. The first kappa shape index (κ1) is 35.8. The molecule has 0 atom stereocenters. The van der Waals surface area contributed by atoms with Crippen LogP contribution in [-0.4, -0.2) is 23.2 Å². The number of hydrogen-bond donors (Lipinski definition) is 0. The van der Waals surface area contributed by atoms with Gasteiger partial charge in [0.25, 0.3) is 0 Å². The summed E-state index contributed by atoms with van der Waals surface area (Å²) in [5.74, 6) is 6.86. The predicted octanol–water partition coefficient (Wildman–Crippen LogP) is 13.0. The molecule has 0 aliphatic heterocycles. The van der Waals surface area contributed by atoms with Crippen LogP contribution in [0.25, 0.3) is 55.6 Å². The Balaban J connectivity index is 0.000000234. The van der Waals surface area contributed by atoms with E-state index < -0.39 is 36.8 Å². The molecule has 5 heteroatoms. The summed E-state index contributed by atoms with van der Waals surface area (Å²) in [5.41, 5.74) is 9.85. The molecule has 4 aromatic carbocycles. The molecule has 3 aromatic heterocycles. The van der Waals surface area contributed by atoms with Crippen LogP contribution in [0, 0.1) is 36.8 Å². The van der Waals surface area contributed by atoms with Gasteiger partial charge < -0.3 is 9.40 Å². The number of nitrogens with zero attached hydrogens (tertiary/aromatic N) is 2. The Hall–Kier alpha value is -3.83. The van der Waals surface area contributed by atoms with Gasteiger partial charge in [0.2, 0.25) is 0 Å². The van der Waals surface area contributed by atoms with E-state index in [0.717, 1.165) is 54.3 Å². The van der Waals surface area contributed by atoms with E-state index in [-0.39, 0.29) is 20.1 Å². The molecule has 0 aliphatic carbocycles. The second-order valence-corrected chi connectivity index (χ2v) is 27.6. The fraction of sp³-hybridized carbons (Fsp3) is 0.306. The van der Waals surface area contributed by atoms with Gasteiger partial charge in [0, 0.05) is 34.4 Å². The van der Waals surface area contributed by atoms with Crippen LogP contribution in [0.1, 0.15) is 69.3 Å². The first-order valence-corrected chi connectivity index (χ1v) is 25.8. The molecule has 0 amide bonds. The molecule has 0 bridgehead atoms. The van der Waals surface area contributed by atoms with E-state index in [1.54, 1.807) is 12.3 Å². The molecule has 281 valence electrons. The van der Waals surface area contributed by atoms with E-state index >= 15 is 0 Å². The molecule has 0 spiro atoms. The second kappa shape index (κ2) is 16.5. The minimum absolute atomic E-state index is 0. The van der Waals surface area contributed by atoms with Crippen LogP contribution in [0.3, 0.4) is 0 Å². The van der Waals surface area contributed by atoms with Gasteiger partial charge in [0.15, 0.2) is 0 Å². The van der Waals surface area contributed by atoms with Crippen LogP contribution in [0.5, 0.6) is 0 Å². The maximum atomic E-state index is 8.76. The van der Waals surface area contributed by atoms with Crippen molar-refractivity contribution in [3.05, 3.63) is 138 Å². The van der Waals surface area contributed by atoms with Crippen molar-refractivity contribution in [1.82, 2.24) is 9.97 Å². The molecule has 0 saturated heterocycles. The van der Waals surface area contributed by atoms with E-state index in [0.29, 0.717) is 11.3 Å². The summed E-state index contributed by atoms with van der Waals surface area (Å²) in [6, 6.07) is 36.4. The fourth-order valence-electron chi connectivity index (χ4n) is 6.70. The Labute approximate surface area is 345 Å². The van der Waals surface area contributed by atoms with Gasteiger partial charge in [-0.1, -0.05) is 73.7 Å². The zero-order valence-corrected chi connectivity index (χ0v) is 37.9. The van der Waals surface area contributed by atoms with E-state index in [4.69, 9.17) is 9.90 Å². The molecule has 0 N–H and O–H groups in total. The monoisotopic (exact) mass is 957 g/mol. The first-order valence-electron chi connectivity index (χ1n) is 20.4. The smallest absolute Gasteiger partial charge is 0.121 e. The molecule has 0 fully saturated rings. The predicted molar refractivity (Wildman–Crippen MR) is 229 cm³/mol. The molecule has 1 radical (unpaired) electrons. The topological polar surface area (TPSA) is 38.9 Å². The van der Waals surface area contributed by atoms with Crippen LogP contribution in [0.15, 0.2) is 108 Å². The number of fused-ring (bicyclic) bond motifs is 3. The minimum Gasteiger partial charge on any atom is -0.501 e. The Morgan fingerprint density at radius 1 is 0.722 bits per heavy atom. The molecule has 3 nitrogen and oxygen atoms in total. The van der Waals surface area contributed by atoms with Crippen molar-refractivity contribution in [3.8, 4) is 33.6 Å². The fourth-order valence-corrected chi connectivity index (χ4v) is 9.62. The van der Waals surface area contributed by atoms with Gasteiger partial charge in [-0.3, -0.25) is 0 Å². The van der Waals surface area contributed by atoms with E-state index in [1.807, 2.05) is 96.3 Å². The van der Waals surface area contributed by atoms with Gasteiger partial charge in [-0.15, -0.1) is 18.2 Å². The minimum atomic E-state index is -2.24. The second-order valence-electron chi connectivity index (χ2n) is 17.0. The standard InChI is InChI=1S/C30H28NO.C19H26GeN.Ir/c1-19-8-6-9-20(2)28(19)22-12-13-23-24-10-7-11-25(29(24)32-27(23)17-22)26-16-21(14-15-31-26)18-30(3,4)5;1-19(2,3)13-16-12-18(15-10-8-7-9-11-15)21-14-17(16)20(4,5)6;/h6-10,12-17H,18H2,1-5H3;7-10,12,14H,13H2,1-6H3;/q2*-1;/i18D2;13D2;. The van der Waals surface area contributed by atoms with Crippen molar-refractivity contribution in [1.29, 1.82) is 0 Å². The third kappa shape index (κ3) is 9.88. The molecule has 0 saturated carbocycles. The average molecular weight is 956 g/mol. The van der Waals surface area contributed by atoms with E-state index in [9.17, 15) is 0 Å². The summed E-state index contributed by atoms with van der Waals surface area (Å²) in [5, 5.41) is 2.05. The Morgan fingerprint density at radius 3 is 2.09 bits per heavy atom. The van der Waals surface area contributed by atoms with Crippen molar-refractivity contribution in [3.63, 3.8) is 0 Å². The van der Waals surface area contributed by atoms with Crippen molar-refractivity contribution < 1.29 is 30.0 Å². The Kier molecular flexibility index (Phi) is 11.0. The van der Waals surface area contributed by atoms with Gasteiger partial charge >= 0.3 is 135 Å². The number of pyridine rings is 2. The van der Waals surface area contributed by atoms with E-state index in [2.05, 4.69) is 89.6 Å². The maximum Gasteiger partial charge on any atom is 0.121 e. The molecule has 0 unspecified atom stereocenters. The number of aryl methyl sites for hydroxylation is 2. The molecule has 7 rings (SSSR count). The maximum absolute atomic E-state index is 8.76. The molecular weight excluding hydrogens is 897 g/mol. The summed E-state index contributed by atoms with van der Waals surface area (Å²) >= 11 is -2.24. The molecule has 0 aliphatic rings. The van der Waals surface area contributed by atoms with Crippen LogP contribution in [0.2, 0.25) is 17.3 Å². The Morgan fingerprint density at radius 2 is 1.44 bits per heavy atom. The van der Waals surface area contributed by atoms with Crippen LogP contribution < -0.4 is 4.40 Å². The van der Waals surface area contributed by atoms with Crippen LogP contribution in [-0.2, 0) is 32.9 Å². The third-order valence-corrected chi connectivity index (χ3v) is 13.2. The number of furan rings is 1. The average Bonchev–Trinajstić information content (AvgIpc) is 3.52. The number of aromatic nitrogens is 2. The largest absolute Gasteiger partial charge is 0.501 e. The number of rotatable bonds is 6. The number of hydrogen-bond acceptors (Lipinski definition) is 3. The molecule has 54 heavy (non-hydrogen) atoms. The summed E-state index contributed by atoms with van der Waals surface area (Å²) in [6.07, 6.45) is 0.664. The first-order chi connectivity index (χ1) is 26.5. The van der Waals surface area contributed by atoms with Gasteiger partial charge in [-0.2, -0.15) is 0 Å². The summed E-state index contributed by atoms with van der Waals surface area (Å²) in [4.78, 5) is 9.18. The summed E-state index contributed by atoms with van der Waals surface area (Å²) in [6.45, 7) is 15.9.